The van der Waals surface area contributed by atoms with Gasteiger partial charge in [-0.15, -0.1) is 0 Å². The molecule has 2 rings (SSSR count). The van der Waals surface area contributed by atoms with E-state index in [0.717, 1.165) is 10.00 Å². The predicted octanol–water partition coefficient (Wildman–Crippen LogP) is 1.68. The zero-order valence-electron chi connectivity index (χ0n) is 12.6. The van der Waals surface area contributed by atoms with Crippen LogP contribution in [0.4, 0.5) is 0 Å². The van der Waals surface area contributed by atoms with Gasteiger partial charge >= 0.3 is 0 Å². The third-order valence-corrected chi connectivity index (χ3v) is 6.06. The van der Waals surface area contributed by atoms with Gasteiger partial charge in [0.15, 0.2) is 0 Å². The quantitative estimate of drug-likeness (QED) is 0.798. The van der Waals surface area contributed by atoms with E-state index in [1.165, 1.54) is 20.2 Å². The van der Waals surface area contributed by atoms with Crippen molar-refractivity contribution in [3.63, 3.8) is 0 Å². The summed E-state index contributed by atoms with van der Waals surface area (Å²) >= 11 is 0. The summed E-state index contributed by atoms with van der Waals surface area (Å²) in [4.78, 5) is 0.197. The van der Waals surface area contributed by atoms with E-state index < -0.39 is 20.8 Å². The van der Waals surface area contributed by atoms with Gasteiger partial charge in [0, 0.05) is 36.7 Å². The van der Waals surface area contributed by atoms with Crippen molar-refractivity contribution in [2.45, 2.75) is 23.3 Å². The predicted molar refractivity (Wildman–Crippen MR) is 84.1 cm³/mol. The Morgan fingerprint density at radius 1 is 1.23 bits per heavy atom. The van der Waals surface area contributed by atoms with Crippen LogP contribution in [0.15, 0.2) is 39.8 Å². The molecule has 0 aliphatic heterocycles. The molecule has 120 valence electrons. The standard InChI is InChI=1S/C14H18N2O4S2/c1-11-7-13(20-15-11)10-21(17)9-12-5-4-6-14(8-12)22(18,19)16(2)3/h4-8H,9-10H2,1-3H3. The number of aromatic nitrogens is 1. The summed E-state index contributed by atoms with van der Waals surface area (Å²) in [5, 5.41) is 3.75. The molecule has 0 saturated carbocycles. The first-order chi connectivity index (χ1) is 10.3. The Morgan fingerprint density at radius 3 is 2.55 bits per heavy atom. The van der Waals surface area contributed by atoms with Gasteiger partial charge in [-0.3, -0.25) is 4.21 Å². The Balaban J connectivity index is 2.12. The van der Waals surface area contributed by atoms with E-state index in [2.05, 4.69) is 5.16 Å². The van der Waals surface area contributed by atoms with Gasteiger partial charge in [0.1, 0.15) is 5.76 Å². The number of sulfonamides is 1. The lowest BCUT2D eigenvalue weighted by Crippen LogP contribution is -2.22. The van der Waals surface area contributed by atoms with Crippen molar-refractivity contribution in [3.05, 3.63) is 47.3 Å². The summed E-state index contributed by atoms with van der Waals surface area (Å²) < 4.78 is 42.5. The van der Waals surface area contributed by atoms with E-state index in [9.17, 15) is 12.6 Å². The van der Waals surface area contributed by atoms with Gasteiger partial charge in [-0.2, -0.15) is 0 Å². The zero-order valence-corrected chi connectivity index (χ0v) is 14.3. The number of aryl methyl sites for hydroxylation is 1. The summed E-state index contributed by atoms with van der Waals surface area (Å²) in [6, 6.07) is 8.24. The second kappa shape index (κ2) is 6.72. The maximum atomic E-state index is 12.1. The molecule has 0 spiro atoms. The summed E-state index contributed by atoms with van der Waals surface area (Å²) in [5.41, 5.74) is 1.45. The highest BCUT2D eigenvalue weighted by Crippen LogP contribution is 2.17. The SMILES string of the molecule is Cc1cc(CS(=O)Cc2cccc(S(=O)(=O)N(C)C)c2)on1. The van der Waals surface area contributed by atoms with Crippen LogP contribution in [-0.4, -0.2) is 36.2 Å². The first-order valence-electron chi connectivity index (χ1n) is 6.57. The summed E-state index contributed by atoms with van der Waals surface area (Å²) in [5.74, 6) is 1.08. The fraction of sp³-hybridized carbons (Fsp3) is 0.357. The second-order valence-corrected chi connectivity index (χ2v) is 8.71. The highest BCUT2D eigenvalue weighted by Gasteiger charge is 2.17. The van der Waals surface area contributed by atoms with E-state index in [1.54, 1.807) is 31.2 Å². The normalized spacial score (nSPS) is 13.5. The number of nitrogens with zero attached hydrogens (tertiary/aromatic N) is 2. The Morgan fingerprint density at radius 2 is 1.95 bits per heavy atom. The molecule has 1 heterocycles. The lowest BCUT2D eigenvalue weighted by atomic mass is 10.2. The Kier molecular flexibility index (Phi) is 5.15. The molecule has 6 nitrogen and oxygen atoms in total. The van der Waals surface area contributed by atoms with Crippen molar-refractivity contribution in [1.29, 1.82) is 0 Å². The number of benzene rings is 1. The minimum absolute atomic E-state index is 0.197. The third-order valence-electron chi connectivity index (χ3n) is 2.98. The molecule has 0 N–H and O–H groups in total. The number of hydrogen-bond donors (Lipinski definition) is 0. The molecule has 1 aromatic carbocycles. The maximum Gasteiger partial charge on any atom is 0.242 e. The van der Waals surface area contributed by atoms with Crippen LogP contribution in [-0.2, 0) is 32.3 Å². The molecule has 1 atom stereocenters. The number of rotatable bonds is 6. The van der Waals surface area contributed by atoms with Gasteiger partial charge in [-0.25, -0.2) is 12.7 Å². The molecule has 0 radical (unpaired) electrons. The molecule has 0 fully saturated rings. The van der Waals surface area contributed by atoms with Crippen LogP contribution < -0.4 is 0 Å². The van der Waals surface area contributed by atoms with Crippen molar-refractivity contribution in [1.82, 2.24) is 9.46 Å². The maximum absolute atomic E-state index is 12.1. The van der Waals surface area contributed by atoms with E-state index >= 15 is 0 Å². The van der Waals surface area contributed by atoms with Gasteiger partial charge in [-0.1, -0.05) is 17.3 Å². The Labute approximate surface area is 132 Å². The fourth-order valence-corrected chi connectivity index (χ4v) is 3.97. The van der Waals surface area contributed by atoms with Gasteiger partial charge in [-0.05, 0) is 24.6 Å². The molecular formula is C14H18N2O4S2. The largest absolute Gasteiger partial charge is 0.360 e. The van der Waals surface area contributed by atoms with Crippen LogP contribution in [0.5, 0.6) is 0 Å². The molecule has 2 aromatic rings. The monoisotopic (exact) mass is 342 g/mol. The van der Waals surface area contributed by atoms with Crippen LogP contribution in [0.25, 0.3) is 0 Å². The molecule has 0 aliphatic rings. The fourth-order valence-electron chi connectivity index (χ4n) is 1.89. The van der Waals surface area contributed by atoms with Crippen molar-refractivity contribution in [2.24, 2.45) is 0 Å². The topological polar surface area (TPSA) is 80.5 Å². The first-order valence-corrected chi connectivity index (χ1v) is 9.50. The average Bonchev–Trinajstić information content (AvgIpc) is 2.84. The molecule has 0 aliphatic carbocycles. The van der Waals surface area contributed by atoms with Gasteiger partial charge in [0.25, 0.3) is 0 Å². The van der Waals surface area contributed by atoms with Crippen molar-refractivity contribution >= 4 is 20.8 Å². The van der Waals surface area contributed by atoms with Crippen LogP contribution in [0.2, 0.25) is 0 Å². The lowest BCUT2D eigenvalue weighted by Gasteiger charge is -2.12. The molecule has 8 heteroatoms. The number of hydrogen-bond acceptors (Lipinski definition) is 5. The molecule has 1 unspecified atom stereocenters. The van der Waals surface area contributed by atoms with E-state index in [-0.39, 0.29) is 16.4 Å². The third kappa shape index (κ3) is 4.02. The van der Waals surface area contributed by atoms with E-state index in [4.69, 9.17) is 4.52 Å². The summed E-state index contributed by atoms with van der Waals surface area (Å²) in [6.45, 7) is 1.80. The van der Waals surface area contributed by atoms with Crippen LogP contribution in [0.1, 0.15) is 17.0 Å². The van der Waals surface area contributed by atoms with Crippen molar-refractivity contribution < 1.29 is 17.1 Å². The van der Waals surface area contributed by atoms with Crippen molar-refractivity contribution in [3.8, 4) is 0 Å². The van der Waals surface area contributed by atoms with E-state index in [0.29, 0.717) is 11.3 Å². The molecule has 22 heavy (non-hydrogen) atoms. The molecule has 0 bridgehead atoms. The Bertz CT molecular complexity index is 782. The highest BCUT2D eigenvalue weighted by atomic mass is 32.2. The van der Waals surface area contributed by atoms with Crippen LogP contribution >= 0.6 is 0 Å². The Hall–Kier alpha value is -1.51. The van der Waals surface area contributed by atoms with Crippen LogP contribution in [0, 0.1) is 6.92 Å². The van der Waals surface area contributed by atoms with Gasteiger partial charge in [0.05, 0.1) is 16.3 Å². The molecule has 1 aromatic heterocycles. The molecule has 0 saturated heterocycles. The second-order valence-electron chi connectivity index (χ2n) is 5.10. The smallest absolute Gasteiger partial charge is 0.242 e. The minimum atomic E-state index is -3.48. The lowest BCUT2D eigenvalue weighted by molar-refractivity contribution is 0.390. The summed E-state index contributed by atoms with van der Waals surface area (Å²) in [6.07, 6.45) is 0. The average molecular weight is 342 g/mol. The first kappa shape index (κ1) is 16.9. The van der Waals surface area contributed by atoms with Gasteiger partial charge < -0.3 is 4.52 Å². The highest BCUT2D eigenvalue weighted by molar-refractivity contribution is 7.89. The minimum Gasteiger partial charge on any atom is -0.360 e. The van der Waals surface area contributed by atoms with Crippen LogP contribution in [0.3, 0.4) is 0 Å². The summed E-state index contributed by atoms with van der Waals surface area (Å²) in [7, 11) is -1.72. The van der Waals surface area contributed by atoms with Crippen molar-refractivity contribution in [2.75, 3.05) is 14.1 Å². The molecular weight excluding hydrogens is 324 g/mol. The zero-order chi connectivity index (χ0) is 16.3. The molecule has 0 amide bonds. The van der Waals surface area contributed by atoms with E-state index in [1.807, 2.05) is 0 Å². The van der Waals surface area contributed by atoms with Gasteiger partial charge in [0.2, 0.25) is 10.0 Å².